The predicted molar refractivity (Wildman–Crippen MR) is 167 cm³/mol. The lowest BCUT2D eigenvalue weighted by atomic mass is 9.41. The van der Waals surface area contributed by atoms with Crippen molar-refractivity contribution in [1.29, 1.82) is 0 Å². The molecule has 46 heavy (non-hydrogen) atoms. The van der Waals surface area contributed by atoms with E-state index in [4.69, 9.17) is 14.2 Å². The molecule has 0 aromatic carbocycles. The summed E-state index contributed by atoms with van der Waals surface area (Å²) < 4.78 is 18.8. The normalized spacial score (nSPS) is 59.3. The Bertz CT molecular complexity index is 1200. The molecule has 0 bridgehead atoms. The molecule has 0 amide bonds. The number of ether oxygens (including phenoxy) is 3. The topological polar surface area (TPSA) is 169 Å². The van der Waals surface area contributed by atoms with Crippen molar-refractivity contribution in [3.63, 3.8) is 0 Å². The van der Waals surface area contributed by atoms with Crippen molar-refractivity contribution in [2.75, 3.05) is 6.61 Å². The number of aliphatic hydroxyl groups excluding tert-OH is 6. The maximum Gasteiger partial charge on any atom is 0.186 e. The largest absolute Gasteiger partial charge is 0.394 e. The third-order valence-electron chi connectivity index (χ3n) is 15.9. The highest BCUT2D eigenvalue weighted by atomic mass is 16.7. The molecule has 2 aliphatic heterocycles. The van der Waals surface area contributed by atoms with Crippen LogP contribution in [0.15, 0.2) is 0 Å². The molecule has 7 N–H and O–H groups in total. The van der Waals surface area contributed by atoms with Crippen LogP contribution in [0, 0.1) is 44.8 Å². The van der Waals surface area contributed by atoms with Crippen molar-refractivity contribution in [3.8, 4) is 0 Å². The first-order valence-corrected chi connectivity index (χ1v) is 17.9. The van der Waals surface area contributed by atoms with E-state index in [1.54, 1.807) is 0 Å². The van der Waals surface area contributed by atoms with Gasteiger partial charge in [0.2, 0.25) is 0 Å². The van der Waals surface area contributed by atoms with Crippen LogP contribution in [0.25, 0.3) is 0 Å². The predicted octanol–water partition coefficient (Wildman–Crippen LogP) is 2.26. The van der Waals surface area contributed by atoms with Gasteiger partial charge in [0.25, 0.3) is 0 Å². The van der Waals surface area contributed by atoms with Gasteiger partial charge in [-0.25, -0.2) is 0 Å². The van der Waals surface area contributed by atoms with Crippen molar-refractivity contribution >= 4 is 0 Å². The summed E-state index contributed by atoms with van der Waals surface area (Å²) in [5, 5.41) is 75.9. The number of rotatable bonds is 5. The van der Waals surface area contributed by atoms with E-state index in [1.807, 2.05) is 13.8 Å². The summed E-state index contributed by atoms with van der Waals surface area (Å²) >= 11 is 0. The third-order valence-corrected chi connectivity index (χ3v) is 15.9. The van der Waals surface area contributed by atoms with Gasteiger partial charge in [-0.2, -0.15) is 0 Å². The fraction of sp³-hybridized carbons (Fsp3) is 1.00. The van der Waals surface area contributed by atoms with Crippen LogP contribution < -0.4 is 0 Å². The minimum absolute atomic E-state index is 0.0295. The Balaban J connectivity index is 1.15. The van der Waals surface area contributed by atoms with E-state index in [9.17, 15) is 35.7 Å². The molecule has 2 heterocycles. The molecule has 7 rings (SSSR count). The van der Waals surface area contributed by atoms with Gasteiger partial charge in [-0.1, -0.05) is 27.7 Å². The average molecular weight is 653 g/mol. The quantitative estimate of drug-likeness (QED) is 0.219. The zero-order chi connectivity index (χ0) is 33.6. The molecular formula is C36H60O10. The van der Waals surface area contributed by atoms with Crippen LogP contribution in [-0.2, 0) is 14.2 Å². The number of aliphatic hydroxyl groups is 7. The fourth-order valence-electron chi connectivity index (χ4n) is 13.7. The van der Waals surface area contributed by atoms with Gasteiger partial charge in [0.05, 0.1) is 42.2 Å². The van der Waals surface area contributed by atoms with Crippen LogP contribution in [-0.4, -0.2) is 109 Å². The van der Waals surface area contributed by atoms with Crippen LogP contribution >= 0.6 is 0 Å². The van der Waals surface area contributed by atoms with E-state index in [0.29, 0.717) is 19.3 Å². The van der Waals surface area contributed by atoms with E-state index in [2.05, 4.69) is 34.6 Å². The third kappa shape index (κ3) is 4.24. The van der Waals surface area contributed by atoms with Crippen molar-refractivity contribution < 1.29 is 50.0 Å². The molecule has 0 aromatic heterocycles. The summed E-state index contributed by atoms with van der Waals surface area (Å²) in [6.45, 7) is 14.3. The SMILES string of the molecule is CC(C)(O)[C@@H]1CC[C@](C)([C@H]2[C@@H](O)C[C@@]3(C)[C@@H]4C[C@H](O)[C@@H]5C(C)(C)[C@@H](O[C@H]6O[C@H](CO)[C@@H](O)[C@H](O)[C@H]6O)CC[C@@]56C[C@@]46CC[C@]23C)O1. The van der Waals surface area contributed by atoms with Crippen LogP contribution in [0.3, 0.4) is 0 Å². The highest BCUT2D eigenvalue weighted by molar-refractivity contribution is 5.33. The lowest BCUT2D eigenvalue weighted by Gasteiger charge is -2.64. The molecule has 2 spiro atoms. The van der Waals surface area contributed by atoms with Gasteiger partial charge < -0.3 is 50.0 Å². The molecule has 10 nitrogen and oxygen atoms in total. The second-order valence-electron chi connectivity index (χ2n) is 18.7. The molecular weight excluding hydrogens is 592 g/mol. The van der Waals surface area contributed by atoms with E-state index >= 15 is 0 Å². The number of fused-ring (bicyclic) bond motifs is 2. The Kier molecular flexibility index (Phi) is 7.65. The molecule has 10 heteroatoms. The van der Waals surface area contributed by atoms with Crippen LogP contribution in [0.1, 0.15) is 106 Å². The Morgan fingerprint density at radius 2 is 1.48 bits per heavy atom. The molecule has 0 aromatic rings. The Morgan fingerprint density at radius 1 is 0.783 bits per heavy atom. The Morgan fingerprint density at radius 3 is 2.11 bits per heavy atom. The Labute approximate surface area is 273 Å². The molecule has 7 aliphatic rings. The summed E-state index contributed by atoms with van der Waals surface area (Å²) in [6.07, 6.45) is -0.708. The first-order chi connectivity index (χ1) is 21.2. The standard InChI is InChI=1S/C36H60O10/c1-30(2)22(45-29-26(42)25(41)24(40)20(16-37)44-29)9-11-36-17-35(36)13-12-32(5)28(34(7)10-8-23(46-34)31(3,4)43)19(39)15-33(32,6)21(35)14-18(38)27(30)36/h18-29,37-43H,8-17H2,1-7H3/t18-,19-,20+,21-,22-,23-,24+,25-,26+,27+,28-,29+,32+,33-,34+,35-,36+/m0/s1. The minimum atomic E-state index is -1.50. The second kappa shape index (κ2) is 10.3. The van der Waals surface area contributed by atoms with Gasteiger partial charge in [-0.05, 0) is 117 Å². The van der Waals surface area contributed by atoms with Gasteiger partial charge in [0, 0.05) is 5.92 Å². The van der Waals surface area contributed by atoms with Crippen LogP contribution in [0.2, 0.25) is 0 Å². The van der Waals surface area contributed by atoms with E-state index < -0.39 is 66.1 Å². The van der Waals surface area contributed by atoms with Gasteiger partial charge in [-0.15, -0.1) is 0 Å². The van der Waals surface area contributed by atoms with Gasteiger partial charge in [0.1, 0.15) is 24.4 Å². The van der Waals surface area contributed by atoms with Crippen molar-refractivity contribution in [2.45, 2.75) is 173 Å². The maximum atomic E-state index is 12.2. The van der Waals surface area contributed by atoms with Gasteiger partial charge in [-0.3, -0.25) is 0 Å². The lowest BCUT2D eigenvalue weighted by Crippen LogP contribution is -2.64. The zero-order valence-electron chi connectivity index (χ0n) is 28.9. The zero-order valence-corrected chi connectivity index (χ0v) is 28.9. The molecule has 264 valence electrons. The molecule has 5 saturated carbocycles. The van der Waals surface area contributed by atoms with E-state index in [-0.39, 0.29) is 51.6 Å². The van der Waals surface area contributed by atoms with Crippen molar-refractivity contribution in [2.24, 2.45) is 44.8 Å². The summed E-state index contributed by atoms with van der Waals surface area (Å²) in [6, 6.07) is 0. The monoisotopic (exact) mass is 652 g/mol. The van der Waals surface area contributed by atoms with Crippen molar-refractivity contribution in [3.05, 3.63) is 0 Å². The molecule has 0 radical (unpaired) electrons. The molecule has 17 atom stereocenters. The first kappa shape index (κ1) is 34.1. The smallest absolute Gasteiger partial charge is 0.186 e. The number of hydrogen-bond acceptors (Lipinski definition) is 10. The van der Waals surface area contributed by atoms with Gasteiger partial charge >= 0.3 is 0 Å². The van der Waals surface area contributed by atoms with E-state index in [0.717, 1.165) is 38.5 Å². The Hall–Kier alpha value is -0.400. The van der Waals surface area contributed by atoms with E-state index in [1.165, 1.54) is 0 Å². The minimum Gasteiger partial charge on any atom is -0.394 e. The highest BCUT2D eigenvalue weighted by Gasteiger charge is 2.85. The summed E-state index contributed by atoms with van der Waals surface area (Å²) in [7, 11) is 0. The maximum absolute atomic E-state index is 12.2. The second-order valence-corrected chi connectivity index (χ2v) is 18.7. The molecule has 2 saturated heterocycles. The lowest BCUT2D eigenvalue weighted by molar-refractivity contribution is -0.329. The average Bonchev–Trinajstić information content (AvgIpc) is 3.31. The molecule has 0 unspecified atom stereocenters. The molecule has 7 fully saturated rings. The van der Waals surface area contributed by atoms with Gasteiger partial charge in [0.15, 0.2) is 6.29 Å². The first-order valence-electron chi connectivity index (χ1n) is 17.9. The summed E-state index contributed by atoms with van der Waals surface area (Å²) in [5.41, 5.74) is -2.26. The summed E-state index contributed by atoms with van der Waals surface area (Å²) in [4.78, 5) is 0. The fourth-order valence-corrected chi connectivity index (χ4v) is 13.7. The van der Waals surface area contributed by atoms with Crippen LogP contribution in [0.5, 0.6) is 0 Å². The van der Waals surface area contributed by atoms with Crippen LogP contribution in [0.4, 0.5) is 0 Å². The van der Waals surface area contributed by atoms with Crippen molar-refractivity contribution in [1.82, 2.24) is 0 Å². The molecule has 5 aliphatic carbocycles. The summed E-state index contributed by atoms with van der Waals surface area (Å²) in [5.74, 6) is 0.176. The highest BCUT2D eigenvalue weighted by Crippen LogP contribution is 2.89. The number of hydrogen-bond donors (Lipinski definition) is 7.